The number of nitrogens with one attached hydrogen (secondary N) is 1. The zero-order chi connectivity index (χ0) is 20.5. The quantitative estimate of drug-likeness (QED) is 0.357. The molecule has 0 saturated carbocycles. The van der Waals surface area contributed by atoms with Crippen molar-refractivity contribution in [1.29, 1.82) is 0 Å². The Bertz CT molecular complexity index is 350. The van der Waals surface area contributed by atoms with E-state index in [0.717, 1.165) is 38.8 Å². The summed E-state index contributed by atoms with van der Waals surface area (Å²) in [6, 6.07) is 0. The molecule has 0 saturated heterocycles. The second-order valence-electron chi connectivity index (χ2n) is 7.37. The maximum Gasteiger partial charge on any atom is 0.155 e. The molecule has 0 aromatic rings. The monoisotopic (exact) mass is 466 g/mol. The molecular formula is C21H47NO4Y. The number of likely N-dealkylation sites (N-methyl/N-ethyl adjacent to an activating group) is 1. The van der Waals surface area contributed by atoms with Gasteiger partial charge in [0.25, 0.3) is 0 Å². The van der Waals surface area contributed by atoms with Crippen molar-refractivity contribution >= 4 is 5.78 Å². The van der Waals surface area contributed by atoms with Gasteiger partial charge in [0.15, 0.2) is 5.78 Å². The van der Waals surface area contributed by atoms with Crippen LogP contribution in [-0.4, -0.2) is 57.0 Å². The van der Waals surface area contributed by atoms with Crippen LogP contribution in [0.2, 0.25) is 0 Å². The van der Waals surface area contributed by atoms with Crippen LogP contribution in [0.5, 0.6) is 0 Å². The summed E-state index contributed by atoms with van der Waals surface area (Å²) in [5.41, 5.74) is -0.474. The third-order valence-corrected chi connectivity index (χ3v) is 4.47. The fourth-order valence-electron chi connectivity index (χ4n) is 2.06. The third kappa shape index (κ3) is 19.7. The standard InChI is InChI=1S/C18H37NO4.C3H8.Y.H2/c1-7-17(4,9-12-21-14-11-19-6)22-13-10-18(5,8-2)23-15-16(3)20;1-3-2;;/h19H,7-15H2,1-6H3;3H2,1-2H3;;1H. The molecule has 0 rings (SSSR count). The molecule has 0 aliphatic carbocycles. The fraction of sp³-hybridized carbons (Fsp3) is 0.952. The van der Waals surface area contributed by atoms with E-state index in [2.05, 4.69) is 39.9 Å². The van der Waals surface area contributed by atoms with E-state index in [-0.39, 0.29) is 57.7 Å². The van der Waals surface area contributed by atoms with Gasteiger partial charge in [-0.05, 0) is 53.5 Å². The molecule has 5 nitrogen and oxygen atoms in total. The van der Waals surface area contributed by atoms with Gasteiger partial charge in [0.1, 0.15) is 6.61 Å². The first kappa shape index (κ1) is 32.3. The van der Waals surface area contributed by atoms with Crippen LogP contribution in [-0.2, 0) is 51.7 Å². The van der Waals surface area contributed by atoms with Crippen molar-refractivity contribution in [2.75, 3.05) is 40.0 Å². The summed E-state index contributed by atoms with van der Waals surface area (Å²) >= 11 is 0. The second-order valence-corrected chi connectivity index (χ2v) is 7.37. The summed E-state index contributed by atoms with van der Waals surface area (Å²) < 4.78 is 17.5. The molecule has 0 aromatic carbocycles. The SMILES string of the molecule is CCC.CCC(C)(CCOCCNC)OCCC(C)(CC)OCC(C)=O.[HH].[Y]. The summed E-state index contributed by atoms with van der Waals surface area (Å²) in [5.74, 6) is 0.0581. The molecule has 163 valence electrons. The van der Waals surface area contributed by atoms with Gasteiger partial charge < -0.3 is 19.5 Å². The van der Waals surface area contributed by atoms with Crippen molar-refractivity contribution in [3.05, 3.63) is 0 Å². The topological polar surface area (TPSA) is 56.8 Å². The largest absolute Gasteiger partial charge is 0.380 e. The van der Waals surface area contributed by atoms with Crippen LogP contribution in [0.25, 0.3) is 0 Å². The van der Waals surface area contributed by atoms with Gasteiger partial charge in [-0.3, -0.25) is 4.79 Å². The summed E-state index contributed by atoms with van der Waals surface area (Å²) in [6.45, 7) is 17.3. The fourth-order valence-corrected chi connectivity index (χ4v) is 2.06. The molecule has 1 radical (unpaired) electrons. The van der Waals surface area contributed by atoms with E-state index < -0.39 is 0 Å². The first-order valence-corrected chi connectivity index (χ1v) is 10.2. The number of hydrogen-bond acceptors (Lipinski definition) is 5. The first-order valence-electron chi connectivity index (χ1n) is 10.2. The van der Waals surface area contributed by atoms with Crippen molar-refractivity contribution < 1.29 is 53.1 Å². The van der Waals surface area contributed by atoms with Crippen LogP contribution in [0, 0.1) is 0 Å². The molecule has 0 aromatic heterocycles. The molecule has 6 heteroatoms. The van der Waals surface area contributed by atoms with Crippen molar-refractivity contribution in [2.24, 2.45) is 0 Å². The molecule has 0 amide bonds. The predicted molar refractivity (Wildman–Crippen MR) is 112 cm³/mol. The second kappa shape index (κ2) is 19.9. The molecule has 1 N–H and O–H groups in total. The van der Waals surface area contributed by atoms with Crippen LogP contribution in [0.3, 0.4) is 0 Å². The van der Waals surface area contributed by atoms with E-state index in [1.807, 2.05) is 14.0 Å². The van der Waals surface area contributed by atoms with Crippen molar-refractivity contribution in [1.82, 2.24) is 5.32 Å². The molecule has 0 aliphatic heterocycles. The maximum atomic E-state index is 11.1. The van der Waals surface area contributed by atoms with Gasteiger partial charge in [-0.2, -0.15) is 0 Å². The van der Waals surface area contributed by atoms with Crippen molar-refractivity contribution in [3.8, 4) is 0 Å². The Kier molecular flexibility index (Phi) is 23.8. The zero-order valence-corrected chi connectivity index (χ0v) is 22.1. The Labute approximate surface area is 195 Å². The van der Waals surface area contributed by atoms with Gasteiger partial charge >= 0.3 is 0 Å². The van der Waals surface area contributed by atoms with Crippen LogP contribution < -0.4 is 5.32 Å². The minimum atomic E-state index is -0.302. The van der Waals surface area contributed by atoms with Crippen LogP contribution in [0.4, 0.5) is 0 Å². The van der Waals surface area contributed by atoms with Gasteiger partial charge in [0, 0.05) is 47.3 Å². The van der Waals surface area contributed by atoms with Crippen LogP contribution in [0.15, 0.2) is 0 Å². The van der Waals surface area contributed by atoms with Gasteiger partial charge in [0.2, 0.25) is 0 Å². The minimum Gasteiger partial charge on any atom is -0.380 e. The molecule has 0 bridgehead atoms. The number of carbonyl (C=O) groups is 1. The van der Waals surface area contributed by atoms with E-state index in [1.54, 1.807) is 6.92 Å². The smallest absolute Gasteiger partial charge is 0.155 e. The Morgan fingerprint density at radius 3 is 1.85 bits per heavy atom. The van der Waals surface area contributed by atoms with E-state index >= 15 is 0 Å². The van der Waals surface area contributed by atoms with E-state index in [1.165, 1.54) is 6.42 Å². The molecule has 0 fully saturated rings. The van der Waals surface area contributed by atoms with E-state index in [9.17, 15) is 4.79 Å². The molecular weight excluding hydrogens is 419 g/mol. The molecule has 27 heavy (non-hydrogen) atoms. The van der Waals surface area contributed by atoms with Gasteiger partial charge in [-0.1, -0.05) is 34.1 Å². The average molecular weight is 467 g/mol. The Balaban J connectivity index is -0.000000538. The number of ketones is 1. The third-order valence-electron chi connectivity index (χ3n) is 4.47. The number of ether oxygens (including phenoxy) is 3. The predicted octanol–water partition coefficient (Wildman–Crippen LogP) is 4.62. The number of carbonyl (C=O) groups excluding carboxylic acids is 1. The Morgan fingerprint density at radius 2 is 1.41 bits per heavy atom. The maximum absolute atomic E-state index is 11.1. The summed E-state index contributed by atoms with van der Waals surface area (Å²) in [4.78, 5) is 11.1. The van der Waals surface area contributed by atoms with Crippen molar-refractivity contribution in [3.63, 3.8) is 0 Å². The Morgan fingerprint density at radius 1 is 0.926 bits per heavy atom. The summed E-state index contributed by atoms with van der Waals surface area (Å²) in [6.07, 6.45) is 4.72. The van der Waals surface area contributed by atoms with E-state index in [0.29, 0.717) is 13.2 Å². The number of rotatable bonds is 15. The molecule has 2 unspecified atom stereocenters. The normalized spacial score (nSPS) is 15.0. The van der Waals surface area contributed by atoms with Crippen LogP contribution in [0.1, 0.15) is 82.0 Å². The summed E-state index contributed by atoms with van der Waals surface area (Å²) in [7, 11) is 1.92. The van der Waals surface area contributed by atoms with Gasteiger partial charge in [-0.15, -0.1) is 0 Å². The molecule has 0 aliphatic rings. The first-order chi connectivity index (χ1) is 12.2. The van der Waals surface area contributed by atoms with E-state index in [4.69, 9.17) is 14.2 Å². The molecule has 0 spiro atoms. The van der Waals surface area contributed by atoms with Crippen molar-refractivity contribution in [2.45, 2.75) is 91.8 Å². The number of Topliss-reactive ketones (excluding diaryl/α,β-unsaturated/α-hetero) is 1. The van der Waals surface area contributed by atoms with Crippen LogP contribution >= 0.6 is 0 Å². The summed E-state index contributed by atoms with van der Waals surface area (Å²) in [5, 5.41) is 3.06. The number of hydrogen-bond donors (Lipinski definition) is 1. The molecule has 0 heterocycles. The minimum absolute atomic E-state index is 0. The average Bonchev–Trinajstić information content (AvgIpc) is 2.60. The molecule has 2 atom stereocenters. The Hall–Kier alpha value is 0.614. The van der Waals surface area contributed by atoms with Gasteiger partial charge in [0.05, 0.1) is 24.4 Å². The van der Waals surface area contributed by atoms with Gasteiger partial charge in [-0.25, -0.2) is 0 Å². The zero-order valence-electron chi connectivity index (χ0n) is 19.3.